The first kappa shape index (κ1) is 27.4. The standard InChI is InChI=1S/C33H45N/c1-12-14-15-17-23(6)29-18-16-19-30(29)34-31-20-24(7)33(28(11)26(31)9)32(22(5)13-2)27(10)25(8)21(3)4/h12,14,16,19-20,34H,5-6,13,15,17-18H2,1-4,7-11H3/b14-12-,32-27+. The highest BCUT2D eigenvalue weighted by Gasteiger charge is 2.20. The Morgan fingerprint density at radius 2 is 1.71 bits per heavy atom. The molecule has 0 atom stereocenters. The van der Waals surface area contributed by atoms with Crippen molar-refractivity contribution in [3.63, 3.8) is 0 Å². The summed E-state index contributed by atoms with van der Waals surface area (Å²) < 4.78 is 0. The van der Waals surface area contributed by atoms with Crippen LogP contribution in [-0.4, -0.2) is 0 Å². The van der Waals surface area contributed by atoms with Gasteiger partial charge in [-0.05, 0) is 149 Å². The van der Waals surface area contributed by atoms with Gasteiger partial charge in [-0.3, -0.25) is 0 Å². The molecule has 0 amide bonds. The van der Waals surface area contributed by atoms with Crippen LogP contribution in [0.1, 0.15) is 89.5 Å². The predicted octanol–water partition coefficient (Wildman–Crippen LogP) is 10.2. The molecule has 0 spiro atoms. The first-order valence-electron chi connectivity index (χ1n) is 12.7. The summed E-state index contributed by atoms with van der Waals surface area (Å²) in [7, 11) is 0. The maximum Gasteiger partial charge on any atom is 0.0419 e. The summed E-state index contributed by atoms with van der Waals surface area (Å²) in [5, 5.41) is 3.76. The van der Waals surface area contributed by atoms with Crippen LogP contribution in [0.3, 0.4) is 0 Å². The van der Waals surface area contributed by atoms with Gasteiger partial charge in [-0.1, -0.05) is 43.9 Å². The third kappa shape index (κ3) is 6.00. The Bertz CT molecular complexity index is 1120. The van der Waals surface area contributed by atoms with Crippen LogP contribution < -0.4 is 5.32 Å². The van der Waals surface area contributed by atoms with Crippen molar-refractivity contribution in [1.82, 2.24) is 0 Å². The van der Waals surface area contributed by atoms with Crippen LogP contribution in [0.25, 0.3) is 5.57 Å². The average molecular weight is 456 g/mol. The molecule has 1 N–H and O–H groups in total. The smallest absolute Gasteiger partial charge is 0.0419 e. The van der Waals surface area contributed by atoms with E-state index in [1.54, 1.807) is 0 Å². The number of rotatable bonds is 10. The van der Waals surface area contributed by atoms with Crippen molar-refractivity contribution in [2.75, 3.05) is 5.32 Å². The normalized spacial score (nSPS) is 14.0. The molecule has 1 aliphatic carbocycles. The topological polar surface area (TPSA) is 12.0 Å². The lowest BCUT2D eigenvalue weighted by Crippen LogP contribution is -2.07. The molecule has 34 heavy (non-hydrogen) atoms. The van der Waals surface area contributed by atoms with E-state index in [4.69, 9.17) is 0 Å². The summed E-state index contributed by atoms with van der Waals surface area (Å²) >= 11 is 0. The van der Waals surface area contributed by atoms with E-state index in [-0.39, 0.29) is 0 Å². The zero-order valence-corrected chi connectivity index (χ0v) is 23.1. The molecule has 182 valence electrons. The third-order valence-electron chi connectivity index (χ3n) is 7.29. The van der Waals surface area contributed by atoms with E-state index >= 15 is 0 Å². The minimum atomic E-state index is 0.941. The fourth-order valence-corrected chi connectivity index (χ4v) is 4.64. The Balaban J connectivity index is 2.57. The van der Waals surface area contributed by atoms with Crippen molar-refractivity contribution in [3.05, 3.63) is 105 Å². The van der Waals surface area contributed by atoms with Crippen LogP contribution in [-0.2, 0) is 0 Å². The van der Waals surface area contributed by atoms with Gasteiger partial charge in [-0.25, -0.2) is 0 Å². The van der Waals surface area contributed by atoms with Crippen LogP contribution in [0.4, 0.5) is 5.69 Å². The second-order valence-electron chi connectivity index (χ2n) is 9.78. The van der Waals surface area contributed by atoms with Crippen molar-refractivity contribution in [2.45, 2.75) is 88.0 Å². The maximum absolute atomic E-state index is 4.46. The number of allylic oxidation sites excluding steroid dienone is 11. The number of anilines is 1. The van der Waals surface area contributed by atoms with Crippen molar-refractivity contribution in [3.8, 4) is 0 Å². The highest BCUT2D eigenvalue weighted by molar-refractivity contribution is 5.87. The van der Waals surface area contributed by atoms with Crippen LogP contribution in [0.15, 0.2) is 82.7 Å². The van der Waals surface area contributed by atoms with E-state index in [0.29, 0.717) is 0 Å². The minimum absolute atomic E-state index is 0.941. The van der Waals surface area contributed by atoms with Gasteiger partial charge in [0.2, 0.25) is 0 Å². The average Bonchev–Trinajstić information content (AvgIpc) is 3.26. The molecule has 1 aliphatic rings. The van der Waals surface area contributed by atoms with Gasteiger partial charge in [0.15, 0.2) is 0 Å². The summed E-state index contributed by atoms with van der Waals surface area (Å²) in [6, 6.07) is 2.31. The van der Waals surface area contributed by atoms with E-state index in [1.165, 1.54) is 72.6 Å². The van der Waals surface area contributed by atoms with Gasteiger partial charge in [0, 0.05) is 11.4 Å². The molecule has 1 aromatic rings. The zero-order valence-electron chi connectivity index (χ0n) is 23.1. The van der Waals surface area contributed by atoms with Crippen LogP contribution >= 0.6 is 0 Å². The lowest BCUT2D eigenvalue weighted by atomic mass is 9.83. The van der Waals surface area contributed by atoms with Gasteiger partial charge in [0.05, 0.1) is 0 Å². The van der Waals surface area contributed by atoms with Gasteiger partial charge >= 0.3 is 0 Å². The third-order valence-corrected chi connectivity index (χ3v) is 7.29. The molecular formula is C33H45N. The summed E-state index contributed by atoms with van der Waals surface area (Å²) in [5.74, 6) is 0. The summed E-state index contributed by atoms with van der Waals surface area (Å²) in [6.45, 7) is 28.7. The van der Waals surface area contributed by atoms with Crippen molar-refractivity contribution in [2.24, 2.45) is 0 Å². The number of benzene rings is 1. The molecule has 0 unspecified atom stereocenters. The summed E-state index contributed by atoms with van der Waals surface area (Å²) in [4.78, 5) is 0. The highest BCUT2D eigenvalue weighted by Crippen LogP contribution is 2.39. The van der Waals surface area contributed by atoms with Gasteiger partial charge in [-0.15, -0.1) is 0 Å². The first-order valence-corrected chi connectivity index (χ1v) is 12.7. The summed E-state index contributed by atoms with van der Waals surface area (Å²) in [5.41, 5.74) is 16.7. The van der Waals surface area contributed by atoms with E-state index < -0.39 is 0 Å². The Kier molecular flexibility index (Phi) is 9.74. The lowest BCUT2D eigenvalue weighted by molar-refractivity contribution is 0.973. The van der Waals surface area contributed by atoms with Crippen LogP contribution in [0, 0.1) is 20.8 Å². The molecule has 0 heterocycles. The van der Waals surface area contributed by atoms with Crippen LogP contribution in [0.5, 0.6) is 0 Å². The van der Waals surface area contributed by atoms with Gasteiger partial charge in [0.25, 0.3) is 0 Å². The zero-order chi connectivity index (χ0) is 25.6. The Labute approximate surface area is 209 Å². The van der Waals surface area contributed by atoms with Crippen molar-refractivity contribution >= 4 is 11.3 Å². The highest BCUT2D eigenvalue weighted by atomic mass is 14.9. The largest absolute Gasteiger partial charge is 0.355 e. The lowest BCUT2D eigenvalue weighted by Gasteiger charge is -2.24. The van der Waals surface area contributed by atoms with E-state index in [9.17, 15) is 0 Å². The Morgan fingerprint density at radius 1 is 1.03 bits per heavy atom. The number of nitrogens with one attached hydrogen (secondary N) is 1. The predicted molar refractivity (Wildman–Crippen MR) is 154 cm³/mol. The molecule has 0 fully saturated rings. The van der Waals surface area contributed by atoms with Gasteiger partial charge in [-0.2, -0.15) is 0 Å². The molecule has 0 radical (unpaired) electrons. The summed E-state index contributed by atoms with van der Waals surface area (Å²) in [6.07, 6.45) is 12.7. The molecule has 0 aliphatic heterocycles. The maximum atomic E-state index is 4.46. The van der Waals surface area contributed by atoms with Gasteiger partial charge < -0.3 is 5.32 Å². The van der Waals surface area contributed by atoms with E-state index in [0.717, 1.165) is 25.7 Å². The SMILES string of the molecule is C=C(CC/C=C\C)C1=C(Nc2cc(C)c(/C(C(=C)CC)=C(\C)C(C)=C(C)C)c(C)c2C)C=CC1. The molecule has 0 aromatic heterocycles. The molecule has 1 nitrogen and oxygen atoms in total. The second-order valence-corrected chi connectivity index (χ2v) is 9.78. The van der Waals surface area contributed by atoms with Crippen molar-refractivity contribution < 1.29 is 0 Å². The molecule has 0 saturated carbocycles. The molecule has 0 bridgehead atoms. The number of aryl methyl sites for hydroxylation is 1. The van der Waals surface area contributed by atoms with E-state index in [2.05, 4.69) is 111 Å². The molecule has 1 heteroatoms. The minimum Gasteiger partial charge on any atom is -0.355 e. The molecular weight excluding hydrogens is 410 g/mol. The monoisotopic (exact) mass is 455 g/mol. The molecule has 0 saturated heterocycles. The number of hydrogen-bond acceptors (Lipinski definition) is 1. The first-order chi connectivity index (χ1) is 16.0. The Morgan fingerprint density at radius 3 is 2.29 bits per heavy atom. The fourth-order valence-electron chi connectivity index (χ4n) is 4.64. The molecule has 1 aromatic carbocycles. The molecule has 2 rings (SSSR count). The Hall–Kier alpha value is -2.80. The fraction of sp³-hybridized carbons (Fsp3) is 0.394. The van der Waals surface area contributed by atoms with Crippen LogP contribution in [0.2, 0.25) is 0 Å². The van der Waals surface area contributed by atoms with E-state index in [1.807, 2.05) is 0 Å². The van der Waals surface area contributed by atoms with Crippen molar-refractivity contribution in [1.29, 1.82) is 0 Å². The van der Waals surface area contributed by atoms with Gasteiger partial charge in [0.1, 0.15) is 0 Å². The second kappa shape index (κ2) is 12.1. The quantitative estimate of drug-likeness (QED) is 0.273. The number of hydrogen-bond donors (Lipinski definition) is 1.